The number of fused-ring (bicyclic) bond motifs is 1. The van der Waals surface area contributed by atoms with Crippen LogP contribution in [-0.4, -0.2) is 19.7 Å². The van der Waals surface area contributed by atoms with Crippen LogP contribution in [0.3, 0.4) is 0 Å². The van der Waals surface area contributed by atoms with Gasteiger partial charge in [0, 0.05) is 42.2 Å². The normalized spacial score (nSPS) is 17.4. The molecule has 0 bridgehead atoms. The van der Waals surface area contributed by atoms with Gasteiger partial charge in [-0.1, -0.05) is 28.9 Å². The third-order valence-electron chi connectivity index (χ3n) is 4.06. The first-order valence-electron chi connectivity index (χ1n) is 7.34. The maximum atomic E-state index is 6.00. The van der Waals surface area contributed by atoms with Crippen LogP contribution in [0, 0.1) is 0 Å². The van der Waals surface area contributed by atoms with E-state index in [2.05, 4.69) is 19.7 Å². The summed E-state index contributed by atoms with van der Waals surface area (Å²) in [5.74, 6) is 1.71. The number of aromatic nitrogens is 4. The minimum atomic E-state index is 0.282. The van der Waals surface area contributed by atoms with Crippen LogP contribution in [0.1, 0.15) is 35.3 Å². The third kappa shape index (κ3) is 2.64. The Balaban J connectivity index is 1.50. The number of hydrogen-bond acceptors (Lipinski definition) is 4. The van der Waals surface area contributed by atoms with Gasteiger partial charge in [0.05, 0.1) is 6.33 Å². The largest absolute Gasteiger partial charge is 0.339 e. The van der Waals surface area contributed by atoms with Gasteiger partial charge in [-0.3, -0.25) is 0 Å². The molecule has 1 unspecified atom stereocenters. The molecule has 1 aliphatic heterocycles. The van der Waals surface area contributed by atoms with Crippen molar-refractivity contribution < 1.29 is 4.52 Å². The summed E-state index contributed by atoms with van der Waals surface area (Å²) < 4.78 is 7.65. The maximum Gasteiger partial charge on any atom is 0.230 e. The van der Waals surface area contributed by atoms with Gasteiger partial charge in [-0.05, 0) is 24.1 Å². The average molecular weight is 315 g/mol. The van der Waals surface area contributed by atoms with Gasteiger partial charge in [0.1, 0.15) is 0 Å². The van der Waals surface area contributed by atoms with Crippen molar-refractivity contribution in [1.82, 2.24) is 19.7 Å². The highest BCUT2D eigenvalue weighted by Gasteiger charge is 2.25. The van der Waals surface area contributed by atoms with Gasteiger partial charge < -0.3 is 9.09 Å². The number of halogens is 1. The molecule has 3 aromatic rings. The topological polar surface area (TPSA) is 56.7 Å². The molecule has 0 spiro atoms. The van der Waals surface area contributed by atoms with E-state index in [4.69, 9.17) is 16.1 Å². The number of nitrogens with zero attached hydrogens (tertiary/aromatic N) is 4. The molecule has 0 aliphatic carbocycles. The van der Waals surface area contributed by atoms with Crippen LogP contribution in [-0.2, 0) is 19.4 Å². The predicted octanol–water partition coefficient (Wildman–Crippen LogP) is 3.24. The molecular formula is C16H15ClN4O. The second-order valence-corrected chi connectivity index (χ2v) is 6.06. The average Bonchev–Trinajstić information content (AvgIpc) is 3.15. The molecule has 112 valence electrons. The summed E-state index contributed by atoms with van der Waals surface area (Å²) in [6, 6.07) is 7.73. The van der Waals surface area contributed by atoms with Crippen LogP contribution in [0.5, 0.6) is 0 Å². The highest BCUT2D eigenvalue weighted by atomic mass is 35.5. The van der Waals surface area contributed by atoms with Crippen LogP contribution >= 0.6 is 11.6 Å². The van der Waals surface area contributed by atoms with E-state index in [-0.39, 0.29) is 5.92 Å². The Bertz CT molecular complexity index is 795. The molecule has 0 radical (unpaired) electrons. The van der Waals surface area contributed by atoms with Crippen molar-refractivity contribution in [2.24, 2.45) is 0 Å². The minimum Gasteiger partial charge on any atom is -0.339 e. The van der Waals surface area contributed by atoms with Crippen LogP contribution in [0.15, 0.2) is 41.3 Å². The Kier molecular flexibility index (Phi) is 3.42. The zero-order chi connectivity index (χ0) is 14.9. The Labute approximate surface area is 132 Å². The van der Waals surface area contributed by atoms with Crippen molar-refractivity contribution in [3.63, 3.8) is 0 Å². The lowest BCUT2D eigenvalue weighted by molar-refractivity contribution is 0.323. The van der Waals surface area contributed by atoms with Gasteiger partial charge in [-0.2, -0.15) is 4.98 Å². The van der Waals surface area contributed by atoms with E-state index in [1.165, 1.54) is 5.69 Å². The molecule has 1 aromatic carbocycles. The van der Waals surface area contributed by atoms with E-state index >= 15 is 0 Å². The zero-order valence-electron chi connectivity index (χ0n) is 11.9. The summed E-state index contributed by atoms with van der Waals surface area (Å²) in [6.45, 7) is 0.950. The fraction of sp³-hybridized carbons (Fsp3) is 0.312. The summed E-state index contributed by atoms with van der Waals surface area (Å²) in [5, 5.41) is 4.83. The summed E-state index contributed by atoms with van der Waals surface area (Å²) in [4.78, 5) is 8.75. The van der Waals surface area contributed by atoms with Crippen LogP contribution < -0.4 is 0 Å². The summed E-state index contributed by atoms with van der Waals surface area (Å²) in [6.07, 6.45) is 6.33. The number of hydrogen-bond donors (Lipinski definition) is 0. The Morgan fingerprint density at radius 3 is 3.23 bits per heavy atom. The highest BCUT2D eigenvalue weighted by molar-refractivity contribution is 6.30. The second kappa shape index (κ2) is 5.57. The number of imidazole rings is 1. The van der Waals surface area contributed by atoms with Crippen molar-refractivity contribution in [3.05, 3.63) is 64.8 Å². The molecule has 6 heteroatoms. The molecule has 22 heavy (non-hydrogen) atoms. The number of benzene rings is 1. The van der Waals surface area contributed by atoms with Crippen LogP contribution in [0.2, 0.25) is 5.02 Å². The van der Waals surface area contributed by atoms with E-state index in [9.17, 15) is 0 Å². The van der Waals surface area contributed by atoms with Crippen LogP contribution in [0.25, 0.3) is 0 Å². The van der Waals surface area contributed by atoms with Crippen molar-refractivity contribution >= 4 is 11.6 Å². The quantitative estimate of drug-likeness (QED) is 0.744. The molecule has 1 aliphatic rings. The lowest BCUT2D eigenvalue weighted by atomic mass is 9.96. The standard InChI is InChI=1S/C16H15ClN4O/c17-13-3-1-2-11(6-13)7-15-19-16(22-20-15)12-4-5-21-10-18-9-14(21)8-12/h1-3,6,9-10,12H,4-5,7-8H2. The first-order chi connectivity index (χ1) is 10.8. The molecule has 5 nitrogen and oxygen atoms in total. The van der Waals surface area contributed by atoms with Crippen molar-refractivity contribution in [2.75, 3.05) is 0 Å². The van der Waals surface area contributed by atoms with E-state index < -0.39 is 0 Å². The van der Waals surface area contributed by atoms with Crippen molar-refractivity contribution in [1.29, 1.82) is 0 Å². The smallest absolute Gasteiger partial charge is 0.230 e. The van der Waals surface area contributed by atoms with E-state index in [1.807, 2.05) is 36.8 Å². The van der Waals surface area contributed by atoms with E-state index in [1.54, 1.807) is 0 Å². The molecule has 0 saturated heterocycles. The van der Waals surface area contributed by atoms with E-state index in [0.29, 0.717) is 12.2 Å². The first-order valence-corrected chi connectivity index (χ1v) is 7.71. The molecule has 1 atom stereocenters. The fourth-order valence-corrected chi connectivity index (χ4v) is 3.13. The molecule has 0 amide bonds. The monoisotopic (exact) mass is 314 g/mol. The van der Waals surface area contributed by atoms with Gasteiger partial charge in [0.2, 0.25) is 5.89 Å². The lowest BCUT2D eigenvalue weighted by Crippen LogP contribution is -2.17. The molecule has 4 rings (SSSR count). The molecule has 2 aromatic heterocycles. The fourth-order valence-electron chi connectivity index (χ4n) is 2.91. The summed E-state index contributed by atoms with van der Waals surface area (Å²) >= 11 is 6.00. The van der Waals surface area contributed by atoms with Gasteiger partial charge in [0.15, 0.2) is 5.82 Å². The molecule has 3 heterocycles. The molecule has 0 N–H and O–H groups in total. The van der Waals surface area contributed by atoms with Gasteiger partial charge in [0.25, 0.3) is 0 Å². The minimum absolute atomic E-state index is 0.282. The van der Waals surface area contributed by atoms with E-state index in [0.717, 1.165) is 35.9 Å². The maximum absolute atomic E-state index is 6.00. The molecular weight excluding hydrogens is 300 g/mol. The first kappa shape index (κ1) is 13.5. The second-order valence-electron chi connectivity index (χ2n) is 5.62. The Hall–Kier alpha value is -2.14. The van der Waals surface area contributed by atoms with Gasteiger partial charge in [-0.25, -0.2) is 4.98 Å². The van der Waals surface area contributed by atoms with Gasteiger partial charge in [-0.15, -0.1) is 0 Å². The molecule has 0 fully saturated rings. The Morgan fingerprint density at radius 1 is 1.36 bits per heavy atom. The summed E-state index contributed by atoms with van der Waals surface area (Å²) in [7, 11) is 0. The predicted molar refractivity (Wildman–Crippen MR) is 81.8 cm³/mol. The third-order valence-corrected chi connectivity index (χ3v) is 4.29. The highest BCUT2D eigenvalue weighted by Crippen LogP contribution is 2.28. The zero-order valence-corrected chi connectivity index (χ0v) is 12.7. The SMILES string of the molecule is Clc1cccc(Cc2noc(C3CCn4cncc4C3)n2)c1. The molecule has 0 saturated carbocycles. The van der Waals surface area contributed by atoms with Gasteiger partial charge >= 0.3 is 0 Å². The summed E-state index contributed by atoms with van der Waals surface area (Å²) in [5.41, 5.74) is 2.31. The van der Waals surface area contributed by atoms with Crippen molar-refractivity contribution in [2.45, 2.75) is 31.7 Å². The number of aryl methyl sites for hydroxylation is 1. The van der Waals surface area contributed by atoms with Crippen molar-refractivity contribution in [3.8, 4) is 0 Å². The number of rotatable bonds is 3. The lowest BCUT2D eigenvalue weighted by Gasteiger charge is -2.20. The Morgan fingerprint density at radius 2 is 2.32 bits per heavy atom. The van der Waals surface area contributed by atoms with Crippen LogP contribution in [0.4, 0.5) is 0 Å².